The second-order valence-corrected chi connectivity index (χ2v) is 11.8. The molecule has 4 heterocycles. The van der Waals surface area contributed by atoms with Crippen LogP contribution in [0.3, 0.4) is 0 Å². The highest BCUT2D eigenvalue weighted by atomic mass is 32.1. The average Bonchev–Trinajstić information content (AvgIpc) is 3.62. The first-order chi connectivity index (χ1) is 18.2. The van der Waals surface area contributed by atoms with Gasteiger partial charge in [0.05, 0.1) is 29.2 Å². The average molecular weight is 550 g/mol. The number of rotatable bonds is 5. The topological polar surface area (TPSA) is 88.1 Å². The Morgan fingerprint density at radius 2 is 2.08 bits per heavy atom. The van der Waals surface area contributed by atoms with Crippen LogP contribution in [-0.4, -0.2) is 22.6 Å². The van der Waals surface area contributed by atoms with Gasteiger partial charge in [0.25, 0.3) is 0 Å². The molecule has 2 aliphatic rings. The van der Waals surface area contributed by atoms with Crippen LogP contribution in [0.2, 0.25) is 0 Å². The number of halogens is 1. The first kappa shape index (κ1) is 26.7. The summed E-state index contributed by atoms with van der Waals surface area (Å²) in [7, 11) is 2.89. The third-order valence-corrected chi connectivity index (χ3v) is 9.75. The molecule has 1 aromatic carbocycles. The number of nitrogens with two attached hydrogens (primary N) is 1. The Labute approximate surface area is 229 Å². The highest BCUT2D eigenvalue weighted by Crippen LogP contribution is 2.46. The van der Waals surface area contributed by atoms with Crippen LogP contribution in [-0.2, 0) is 18.0 Å². The predicted octanol–water partition coefficient (Wildman–Crippen LogP) is 6.47. The van der Waals surface area contributed by atoms with Crippen LogP contribution in [0.1, 0.15) is 80.2 Å². The van der Waals surface area contributed by atoms with E-state index in [-0.39, 0.29) is 5.83 Å². The maximum atomic E-state index is 15.2. The lowest BCUT2D eigenvalue weighted by Crippen LogP contribution is -2.31. The molecule has 1 fully saturated rings. The van der Waals surface area contributed by atoms with Crippen molar-refractivity contribution in [1.82, 2.24) is 9.97 Å². The largest absolute Gasteiger partial charge is 0.389 e. The van der Waals surface area contributed by atoms with E-state index in [0.717, 1.165) is 80.7 Å². The molecule has 0 spiro atoms. The van der Waals surface area contributed by atoms with Crippen molar-refractivity contribution in [2.24, 2.45) is 5.92 Å². The number of hydrogen-bond acceptors (Lipinski definition) is 7. The molecule has 198 valence electrons. The fourth-order valence-electron chi connectivity index (χ4n) is 5.60. The number of aromatic nitrogens is 2. The molecular formula is C29H33FN5OPS. The Kier molecular flexibility index (Phi) is 7.30. The van der Waals surface area contributed by atoms with E-state index in [0.29, 0.717) is 46.2 Å². The first-order valence-corrected chi connectivity index (χ1v) is 14.4. The van der Waals surface area contributed by atoms with Gasteiger partial charge in [-0.3, -0.25) is 0 Å². The van der Waals surface area contributed by atoms with E-state index in [4.69, 9.17) is 20.4 Å². The molecule has 2 aromatic heterocycles. The quantitative estimate of drug-likeness (QED) is 0.367. The number of anilines is 2. The lowest BCUT2D eigenvalue weighted by molar-refractivity contribution is 0.135. The van der Waals surface area contributed by atoms with Gasteiger partial charge in [-0.2, -0.15) is 5.26 Å². The van der Waals surface area contributed by atoms with Crippen molar-refractivity contribution in [3.8, 4) is 6.07 Å². The SMILES string of the molecule is C/C=C(/F)c1sc(N)c(C#N)c1C(=C(C)CC)c1c2c(c3cnc(N4CCC(C)C4C)nc3c1P)COC2. The highest BCUT2D eigenvalue weighted by Gasteiger charge is 2.33. The van der Waals surface area contributed by atoms with E-state index in [1.165, 1.54) is 6.08 Å². The Balaban J connectivity index is 1.85. The summed E-state index contributed by atoms with van der Waals surface area (Å²) in [6.07, 6.45) is 5.17. The van der Waals surface area contributed by atoms with Gasteiger partial charge in [-0.1, -0.05) is 25.5 Å². The summed E-state index contributed by atoms with van der Waals surface area (Å²) < 4.78 is 21.2. The van der Waals surface area contributed by atoms with Crippen LogP contribution in [0.25, 0.3) is 22.3 Å². The summed E-state index contributed by atoms with van der Waals surface area (Å²) in [5, 5.41) is 12.3. The first-order valence-electron chi connectivity index (χ1n) is 13.0. The standard InChI is InChI=1S/C29H33FN5OPS/c1-6-14(3)22(24-17(10-31)28(32)38-27(24)21(30)7-2)23-20-13-36-12-19(20)18-11-33-29(34-25(18)26(23)37)35-9-8-15(4)16(35)5/h7,11,15-16H,6,8-9,12-13,32,37H2,1-5H3/b21-7+,22-14?. The predicted molar refractivity (Wildman–Crippen MR) is 158 cm³/mol. The van der Waals surface area contributed by atoms with Crippen molar-refractivity contribution >= 4 is 59.1 Å². The minimum Gasteiger partial charge on any atom is -0.389 e. The Morgan fingerprint density at radius 1 is 1.34 bits per heavy atom. The molecule has 3 aromatic rings. The molecule has 3 unspecified atom stereocenters. The van der Waals surface area contributed by atoms with Gasteiger partial charge in [0.2, 0.25) is 5.95 Å². The summed E-state index contributed by atoms with van der Waals surface area (Å²) in [5.41, 5.74) is 12.9. The van der Waals surface area contributed by atoms with Crippen molar-refractivity contribution in [2.45, 2.75) is 66.7 Å². The van der Waals surface area contributed by atoms with Gasteiger partial charge in [-0.15, -0.1) is 20.6 Å². The number of thiophene rings is 1. The van der Waals surface area contributed by atoms with Gasteiger partial charge in [-0.05, 0) is 61.8 Å². The van der Waals surface area contributed by atoms with Crippen LogP contribution in [0.5, 0.6) is 0 Å². The number of fused-ring (bicyclic) bond motifs is 3. The summed E-state index contributed by atoms with van der Waals surface area (Å²) in [6.45, 7) is 12.0. The van der Waals surface area contributed by atoms with Crippen LogP contribution < -0.4 is 15.9 Å². The molecular weight excluding hydrogens is 516 g/mol. The minimum absolute atomic E-state index is 0.310. The minimum atomic E-state index is -0.389. The number of nitriles is 1. The second-order valence-electron chi connectivity index (χ2n) is 10.2. The molecule has 0 aliphatic carbocycles. The molecule has 3 atom stereocenters. The zero-order chi connectivity index (χ0) is 27.3. The van der Waals surface area contributed by atoms with Crippen molar-refractivity contribution < 1.29 is 9.13 Å². The number of allylic oxidation sites excluding steroid dienone is 2. The third kappa shape index (κ3) is 4.12. The van der Waals surface area contributed by atoms with Crippen LogP contribution in [0.15, 0.2) is 17.8 Å². The maximum absolute atomic E-state index is 15.2. The molecule has 0 radical (unpaired) electrons. The molecule has 2 aliphatic heterocycles. The van der Waals surface area contributed by atoms with E-state index in [1.54, 1.807) is 6.92 Å². The summed E-state index contributed by atoms with van der Waals surface area (Å²) in [6, 6.07) is 2.61. The smallest absolute Gasteiger partial charge is 0.226 e. The van der Waals surface area contributed by atoms with Gasteiger partial charge in [-0.25, -0.2) is 14.4 Å². The van der Waals surface area contributed by atoms with Gasteiger partial charge < -0.3 is 15.4 Å². The number of benzene rings is 1. The van der Waals surface area contributed by atoms with E-state index in [9.17, 15) is 5.26 Å². The van der Waals surface area contributed by atoms with Crippen LogP contribution in [0, 0.1) is 17.2 Å². The van der Waals surface area contributed by atoms with Gasteiger partial charge in [0, 0.05) is 35.0 Å². The third-order valence-electron chi connectivity index (χ3n) is 8.16. The number of ether oxygens (including phenoxy) is 1. The van der Waals surface area contributed by atoms with Crippen molar-refractivity contribution in [2.75, 3.05) is 17.2 Å². The molecule has 1 saturated heterocycles. The highest BCUT2D eigenvalue weighted by molar-refractivity contribution is 7.28. The Morgan fingerprint density at radius 3 is 2.71 bits per heavy atom. The van der Waals surface area contributed by atoms with E-state index in [1.807, 2.05) is 13.1 Å². The monoisotopic (exact) mass is 549 g/mol. The molecule has 6 nitrogen and oxygen atoms in total. The van der Waals surface area contributed by atoms with Crippen molar-refractivity contribution in [3.05, 3.63) is 50.5 Å². The van der Waals surface area contributed by atoms with Crippen molar-refractivity contribution in [1.29, 1.82) is 5.26 Å². The Hall–Kier alpha value is -2.85. The van der Waals surface area contributed by atoms with Gasteiger partial charge in [0.15, 0.2) is 0 Å². The summed E-state index contributed by atoms with van der Waals surface area (Å²) in [4.78, 5) is 12.5. The summed E-state index contributed by atoms with van der Waals surface area (Å²) >= 11 is 1.12. The van der Waals surface area contributed by atoms with E-state index < -0.39 is 0 Å². The lowest BCUT2D eigenvalue weighted by atomic mass is 9.85. The van der Waals surface area contributed by atoms with Gasteiger partial charge in [0.1, 0.15) is 16.9 Å². The van der Waals surface area contributed by atoms with Crippen molar-refractivity contribution in [3.63, 3.8) is 0 Å². The zero-order valence-corrected chi connectivity index (χ0v) is 24.5. The fourth-order valence-corrected chi connectivity index (χ4v) is 7.13. The fraction of sp³-hybridized carbons (Fsp3) is 0.414. The molecule has 0 amide bonds. The number of hydrogen-bond donors (Lipinski definition) is 1. The zero-order valence-electron chi connectivity index (χ0n) is 22.5. The molecule has 9 heteroatoms. The maximum Gasteiger partial charge on any atom is 0.226 e. The lowest BCUT2D eigenvalue weighted by Gasteiger charge is -2.25. The normalized spacial score (nSPS) is 20.2. The Bertz CT molecular complexity index is 1550. The molecule has 0 bridgehead atoms. The van der Waals surface area contributed by atoms with E-state index >= 15 is 4.39 Å². The summed E-state index contributed by atoms with van der Waals surface area (Å²) in [5.74, 6) is 0.906. The van der Waals surface area contributed by atoms with E-state index in [2.05, 4.69) is 41.0 Å². The number of nitrogens with zero attached hydrogens (tertiary/aromatic N) is 4. The molecule has 2 N–H and O–H groups in total. The molecule has 5 rings (SSSR count). The molecule has 38 heavy (non-hydrogen) atoms. The second kappa shape index (κ2) is 10.4. The van der Waals surface area contributed by atoms with Crippen LogP contribution in [0.4, 0.5) is 15.3 Å². The molecule has 0 saturated carbocycles. The van der Waals surface area contributed by atoms with Gasteiger partial charge >= 0.3 is 0 Å². The van der Waals surface area contributed by atoms with Crippen LogP contribution >= 0.6 is 20.6 Å². The number of nitrogen functional groups attached to an aromatic ring is 1.